The Balaban J connectivity index is 0.625. The maximum atomic E-state index is 14.8. The Bertz CT molecular complexity index is 3660. The number of benzene rings is 3. The molecule has 7 amide bonds. The fraction of sp³-hybridized carbons (Fsp3) is 0.507. The molecule has 6 aromatic rings. The molecule has 25 nitrogen and oxygen atoms in total. The van der Waals surface area contributed by atoms with Gasteiger partial charge in [0.15, 0.2) is 5.67 Å². The molecule has 3 saturated heterocycles. The van der Waals surface area contributed by atoms with Crippen molar-refractivity contribution in [1.82, 2.24) is 60.7 Å². The first kappa shape index (κ1) is 71.4. The highest BCUT2D eigenvalue weighted by atomic mass is 32.1. The van der Waals surface area contributed by atoms with Crippen LogP contribution in [0, 0.1) is 25.1 Å². The van der Waals surface area contributed by atoms with E-state index in [4.69, 9.17) is 34.0 Å². The van der Waals surface area contributed by atoms with Crippen LogP contribution in [0.25, 0.3) is 27.4 Å². The Hall–Kier alpha value is -8.38. The summed E-state index contributed by atoms with van der Waals surface area (Å²) in [5.74, 6) is -1.98. The summed E-state index contributed by atoms with van der Waals surface area (Å²) in [4.78, 5) is 104. The molecule has 1 aliphatic carbocycles. The normalized spacial score (nSPS) is 19.1. The molecule has 6 atom stereocenters. The number of hydrogen-bond acceptors (Lipinski definition) is 18. The molecule has 10 rings (SSSR count). The number of aliphatic hydroxyl groups is 1. The van der Waals surface area contributed by atoms with Crippen molar-refractivity contribution in [2.24, 2.45) is 5.41 Å². The number of hydrogen-bond donors (Lipinski definition) is 6. The number of urea groups is 1. The first-order chi connectivity index (χ1) is 46.7. The first-order valence-corrected chi connectivity index (χ1v) is 33.9. The number of nitrogens with one attached hydrogen (secondary N) is 5. The molecule has 0 bridgehead atoms. The van der Waals surface area contributed by atoms with Crippen LogP contribution < -0.4 is 31.5 Å². The number of halogens is 2. The number of likely N-dealkylation sites (tertiary alicyclic amines) is 2. The van der Waals surface area contributed by atoms with Gasteiger partial charge >= 0.3 is 6.03 Å². The van der Waals surface area contributed by atoms with Crippen molar-refractivity contribution in [3.8, 4) is 27.4 Å². The monoisotopic (exact) mass is 1360 g/mol. The minimum atomic E-state index is -2.03. The van der Waals surface area contributed by atoms with E-state index in [9.17, 15) is 42.7 Å². The summed E-state index contributed by atoms with van der Waals surface area (Å²) in [6, 6.07) is 19.5. The molecule has 4 aliphatic rings. The number of aromatic nitrogens is 5. The molecule has 6 N–H and O–H groups in total. The summed E-state index contributed by atoms with van der Waals surface area (Å²) in [7, 11) is 1.65. The Labute approximate surface area is 567 Å². The van der Waals surface area contributed by atoms with Crippen LogP contribution in [0.3, 0.4) is 0 Å². The Morgan fingerprint density at radius 2 is 1.51 bits per heavy atom. The van der Waals surface area contributed by atoms with Crippen molar-refractivity contribution < 1.29 is 61.6 Å². The van der Waals surface area contributed by atoms with E-state index in [0.717, 1.165) is 27.4 Å². The number of rotatable bonds is 30. The summed E-state index contributed by atoms with van der Waals surface area (Å²) in [6.45, 7) is 14.9. The number of anilines is 2. The van der Waals surface area contributed by atoms with E-state index in [2.05, 4.69) is 36.5 Å². The molecule has 97 heavy (non-hydrogen) atoms. The minimum absolute atomic E-state index is 0.0260. The van der Waals surface area contributed by atoms with Crippen LogP contribution in [0.1, 0.15) is 87.2 Å². The zero-order valence-corrected chi connectivity index (χ0v) is 56.6. The van der Waals surface area contributed by atoms with Crippen LogP contribution >= 0.6 is 11.3 Å². The van der Waals surface area contributed by atoms with E-state index < -0.39 is 59.1 Å². The maximum absolute atomic E-state index is 14.8. The number of alkyl halides is 1. The lowest BCUT2D eigenvalue weighted by Crippen LogP contribution is -2.59. The lowest BCUT2D eigenvalue weighted by atomic mass is 9.85. The highest BCUT2D eigenvalue weighted by Gasteiger charge is 2.53. The number of β-amino-alcohol motifs (C(OH)–C–C–N with tert-alkyl or cyclic N) is 1. The van der Waals surface area contributed by atoms with Gasteiger partial charge in [-0.1, -0.05) is 75.4 Å². The van der Waals surface area contributed by atoms with E-state index in [-0.39, 0.29) is 114 Å². The zero-order chi connectivity index (χ0) is 68.8. The predicted molar refractivity (Wildman–Crippen MR) is 360 cm³/mol. The summed E-state index contributed by atoms with van der Waals surface area (Å²) < 4.78 is 53.3. The summed E-state index contributed by atoms with van der Waals surface area (Å²) in [6.07, 6.45) is 2.48. The SMILES string of the molecule is COCCN1C[C@@H](NC(=O)Nc2c(C)c(-c3cnc(N4CCN(C(=O)CCOCCOCCOCCNC(=O)C[C@H](NC(=O)[C@@H]5C[C@@H](O)CN5C(=O)[C@@H](NC(=O)C5(F)CC5)C(C)(C)C)c5ccc(-c6scnc6C)cc5)CC4)nc3)nn2-c2ccccc2)[C@H](c2cccc(F)c2)C1. The minimum Gasteiger partial charge on any atom is -0.391 e. The number of ether oxygens (including phenoxy) is 4. The second kappa shape index (κ2) is 32.8. The van der Waals surface area contributed by atoms with Gasteiger partial charge in [0.1, 0.15) is 29.4 Å². The molecule has 1 saturated carbocycles. The molecule has 0 radical (unpaired) electrons. The number of nitrogens with zero attached hydrogens (tertiary/aromatic N) is 9. The fourth-order valence-electron chi connectivity index (χ4n) is 12.3. The second-order valence-electron chi connectivity index (χ2n) is 26.1. The van der Waals surface area contributed by atoms with E-state index in [1.807, 2.05) is 79.4 Å². The van der Waals surface area contributed by atoms with E-state index in [1.54, 1.807) is 61.4 Å². The largest absolute Gasteiger partial charge is 0.391 e. The highest BCUT2D eigenvalue weighted by Crippen LogP contribution is 2.41. The molecular formula is C69H88F2N14O11S. The first-order valence-electron chi connectivity index (χ1n) is 33.0. The van der Waals surface area contributed by atoms with Crippen LogP contribution in [0.15, 0.2) is 96.8 Å². The third-order valence-electron chi connectivity index (χ3n) is 17.9. The number of carbonyl (C=O) groups excluding carboxylic acids is 6. The van der Waals surface area contributed by atoms with Crippen LogP contribution in [0.4, 0.5) is 25.3 Å². The summed E-state index contributed by atoms with van der Waals surface area (Å²) >= 11 is 1.49. The number of piperazine rings is 1. The van der Waals surface area contributed by atoms with Gasteiger partial charge in [-0.15, -0.1) is 11.3 Å². The van der Waals surface area contributed by atoms with E-state index >= 15 is 0 Å². The smallest absolute Gasteiger partial charge is 0.320 e. The van der Waals surface area contributed by atoms with Gasteiger partial charge in [0.2, 0.25) is 29.6 Å². The summed E-state index contributed by atoms with van der Waals surface area (Å²) in [5.41, 5.74) is 4.76. The number of para-hydroxylation sites is 1. The van der Waals surface area contributed by atoms with Gasteiger partial charge < -0.3 is 60.0 Å². The van der Waals surface area contributed by atoms with Gasteiger partial charge in [0, 0.05) is 102 Å². The van der Waals surface area contributed by atoms with Crippen LogP contribution in [0.2, 0.25) is 0 Å². The van der Waals surface area contributed by atoms with Crippen molar-refractivity contribution in [2.45, 2.75) is 109 Å². The van der Waals surface area contributed by atoms with Crippen LogP contribution in [-0.4, -0.2) is 222 Å². The Morgan fingerprint density at radius 1 is 0.804 bits per heavy atom. The number of carbonyl (C=O) groups is 6. The summed E-state index contributed by atoms with van der Waals surface area (Å²) in [5, 5.41) is 30.4. The molecule has 3 aromatic heterocycles. The maximum Gasteiger partial charge on any atom is 0.320 e. The number of aliphatic hydroxyl groups excluding tert-OH is 1. The van der Waals surface area contributed by atoms with Crippen molar-refractivity contribution >= 4 is 58.7 Å². The molecule has 0 spiro atoms. The average molecular weight is 1360 g/mol. The van der Waals surface area contributed by atoms with Crippen molar-refractivity contribution in [1.29, 1.82) is 0 Å². The Kier molecular flexibility index (Phi) is 24.1. The second-order valence-corrected chi connectivity index (χ2v) is 26.9. The topological polar surface area (TPSA) is 289 Å². The third-order valence-corrected chi connectivity index (χ3v) is 18.9. The van der Waals surface area contributed by atoms with Crippen LogP contribution in [-0.2, 0) is 42.9 Å². The van der Waals surface area contributed by atoms with Gasteiger partial charge in [-0.3, -0.25) is 34.2 Å². The van der Waals surface area contributed by atoms with Crippen molar-refractivity contribution in [3.05, 3.63) is 125 Å². The number of aryl methyl sites for hydroxylation is 1. The van der Waals surface area contributed by atoms with Crippen molar-refractivity contribution in [2.75, 3.05) is 122 Å². The lowest BCUT2D eigenvalue weighted by Gasteiger charge is -2.36. The van der Waals surface area contributed by atoms with Crippen molar-refractivity contribution in [3.63, 3.8) is 0 Å². The van der Waals surface area contributed by atoms with E-state index in [1.165, 1.54) is 28.4 Å². The molecule has 520 valence electrons. The van der Waals surface area contributed by atoms with Gasteiger partial charge in [0.25, 0.3) is 5.91 Å². The van der Waals surface area contributed by atoms with Crippen LogP contribution in [0.5, 0.6) is 0 Å². The molecule has 4 fully saturated rings. The standard InChI is InChI=1S/C69H88F2N14O11S/c1-44-59(80-85(51-13-8-7-9-14-51)62(44)79-67(92)77-55-42-81(27-30-93-6)41-53(55)48-11-10-12-50(70)35-48)49-38-73-66(74-39-49)83-25-23-82(24-26-83)58(88)19-28-94-31-33-96-34-32-95-29-22-72-57(87)37-54(46-15-17-47(18-16-46)60-45(2)75-43-97-60)76-63(89)56-36-52(86)40-84(56)64(90)61(68(3,4)5)78-65(91)69(71)20-21-69/h7-18,35,38-39,43,52-56,61,86H,19-34,36-37,40-42H2,1-6H3,(H,72,87)(H,76,89)(H,78,91)(H2,77,79,92)/t52-,53+,54+,55-,56+,61-/m1/s1. The quantitative estimate of drug-likeness (QED) is 0.0287. The fourth-order valence-corrected chi connectivity index (χ4v) is 13.1. The molecule has 6 heterocycles. The molecule has 3 aliphatic heterocycles. The molecule has 28 heteroatoms. The van der Waals surface area contributed by atoms with Gasteiger partial charge in [-0.2, -0.15) is 5.10 Å². The predicted octanol–water partition coefficient (Wildman–Crippen LogP) is 5.89. The molecule has 0 unspecified atom stereocenters. The third kappa shape index (κ3) is 18.6. The number of methoxy groups -OCH3 is 1. The number of thiazole rings is 1. The van der Waals surface area contributed by atoms with Gasteiger partial charge in [-0.25, -0.2) is 33.2 Å². The Morgan fingerprint density at radius 3 is 2.16 bits per heavy atom. The average Bonchev–Trinajstić information content (AvgIpc) is 1.66. The molecule has 3 aromatic carbocycles. The van der Waals surface area contributed by atoms with E-state index in [0.29, 0.717) is 86.6 Å². The molecular weight excluding hydrogens is 1270 g/mol. The highest BCUT2D eigenvalue weighted by molar-refractivity contribution is 7.13. The van der Waals surface area contributed by atoms with Gasteiger partial charge in [-0.05, 0) is 73.1 Å². The van der Waals surface area contributed by atoms with Gasteiger partial charge in [0.05, 0.1) is 99.0 Å². The number of amides is 7. The zero-order valence-electron chi connectivity index (χ0n) is 55.8. The lowest BCUT2D eigenvalue weighted by molar-refractivity contribution is -0.145.